The first-order valence-electron chi connectivity index (χ1n) is 7.46. The number of thioether (sulfide) groups is 1. The number of hydrogen-bond donors (Lipinski definition) is 7. The largest absolute Gasteiger partial charge is 0.395 e. The van der Waals surface area contributed by atoms with Gasteiger partial charge in [-0.05, 0) is 0 Å². The molecule has 2 rings (SSSR count). The minimum absolute atomic E-state index is 0.277. The van der Waals surface area contributed by atoms with Gasteiger partial charge in [-0.3, -0.25) is 0 Å². The zero-order valence-corrected chi connectivity index (χ0v) is 13.8. The van der Waals surface area contributed by atoms with Gasteiger partial charge in [0.2, 0.25) is 0 Å². The van der Waals surface area contributed by atoms with Crippen LogP contribution < -0.4 is 0 Å². The molecule has 0 aromatic rings. The molecule has 0 bridgehead atoms. The van der Waals surface area contributed by atoms with Crippen LogP contribution in [0.4, 0.5) is 0 Å². The normalized spacial score (nSPS) is 50.0. The lowest BCUT2D eigenvalue weighted by Crippen LogP contribution is -2.60. The van der Waals surface area contributed by atoms with Gasteiger partial charge in [0, 0.05) is 7.11 Å². The fraction of sp³-hybridized carbons (Fsp3) is 1.00. The number of ether oxygens (including phenoxy) is 3. The summed E-state index contributed by atoms with van der Waals surface area (Å²) in [6.07, 6.45) is -10.8. The van der Waals surface area contributed by atoms with Crippen molar-refractivity contribution >= 4 is 11.8 Å². The number of rotatable bonds is 5. The van der Waals surface area contributed by atoms with E-state index < -0.39 is 66.3 Å². The van der Waals surface area contributed by atoms with E-state index in [0.717, 1.165) is 11.8 Å². The van der Waals surface area contributed by atoms with Crippen molar-refractivity contribution < 1.29 is 50.0 Å². The summed E-state index contributed by atoms with van der Waals surface area (Å²) < 4.78 is 15.6. The summed E-state index contributed by atoms with van der Waals surface area (Å²) in [5, 5.41) is 67.3. The van der Waals surface area contributed by atoms with Gasteiger partial charge in [-0.1, -0.05) is 0 Å². The number of aliphatic hydroxyl groups excluding tert-OH is 7. The summed E-state index contributed by atoms with van der Waals surface area (Å²) in [7, 11) is 1.26. The molecule has 2 aliphatic rings. The highest BCUT2D eigenvalue weighted by molar-refractivity contribution is 8.00. The summed E-state index contributed by atoms with van der Waals surface area (Å²) in [5.74, 6) is 0. The second-order valence-electron chi connectivity index (χ2n) is 5.78. The van der Waals surface area contributed by atoms with Crippen LogP contribution in [0, 0.1) is 0 Å². The fourth-order valence-corrected chi connectivity index (χ4v) is 3.88. The standard InChI is InChI=1S/C13H24O10S/c1-21-12-10(19)8(17)6(15)4(23-12)3-22-13-11(20)9(18)7(16)5(2-14)24-13/h4-20H,2-3H2,1H3/t4-,5-,6-,7-,8+,9+,10-,11-,12+,13+/m1/s1. The summed E-state index contributed by atoms with van der Waals surface area (Å²) in [6.45, 7) is -0.699. The van der Waals surface area contributed by atoms with Gasteiger partial charge in [0.15, 0.2) is 6.29 Å². The Balaban J connectivity index is 1.96. The highest BCUT2D eigenvalue weighted by Crippen LogP contribution is 2.34. The van der Waals surface area contributed by atoms with Crippen LogP contribution in [0.3, 0.4) is 0 Å². The Bertz CT molecular complexity index is 361. The van der Waals surface area contributed by atoms with E-state index in [1.165, 1.54) is 7.11 Å². The topological polar surface area (TPSA) is 169 Å². The zero-order chi connectivity index (χ0) is 18.0. The Labute approximate surface area is 142 Å². The van der Waals surface area contributed by atoms with Crippen LogP contribution >= 0.6 is 11.8 Å². The molecule has 0 spiro atoms. The highest BCUT2D eigenvalue weighted by atomic mass is 32.2. The lowest BCUT2D eigenvalue weighted by Gasteiger charge is -2.42. The van der Waals surface area contributed by atoms with Crippen molar-refractivity contribution in [1.82, 2.24) is 0 Å². The molecule has 2 aliphatic heterocycles. The van der Waals surface area contributed by atoms with E-state index in [9.17, 15) is 35.7 Å². The third-order valence-corrected chi connectivity index (χ3v) is 5.63. The Morgan fingerprint density at radius 3 is 2.08 bits per heavy atom. The van der Waals surface area contributed by atoms with Gasteiger partial charge in [0.25, 0.3) is 0 Å². The molecule has 0 aromatic heterocycles. The van der Waals surface area contributed by atoms with Crippen LogP contribution in [0.2, 0.25) is 0 Å². The molecule has 2 saturated heterocycles. The number of methoxy groups -OCH3 is 1. The number of hydrogen-bond acceptors (Lipinski definition) is 11. The smallest absolute Gasteiger partial charge is 0.186 e. The summed E-state index contributed by atoms with van der Waals surface area (Å²) in [5.41, 5.74) is -0.985. The molecular weight excluding hydrogens is 348 g/mol. The second kappa shape index (κ2) is 8.56. The third kappa shape index (κ3) is 4.02. The van der Waals surface area contributed by atoms with E-state index in [1.807, 2.05) is 0 Å². The first kappa shape index (κ1) is 20.3. The summed E-state index contributed by atoms with van der Waals surface area (Å²) in [4.78, 5) is 0. The van der Waals surface area contributed by atoms with Crippen molar-refractivity contribution in [2.45, 2.75) is 59.7 Å². The minimum Gasteiger partial charge on any atom is -0.395 e. The van der Waals surface area contributed by atoms with Crippen molar-refractivity contribution in [3.8, 4) is 0 Å². The first-order valence-corrected chi connectivity index (χ1v) is 8.40. The lowest BCUT2D eigenvalue weighted by atomic mass is 9.99. The molecule has 24 heavy (non-hydrogen) atoms. The van der Waals surface area contributed by atoms with Crippen LogP contribution in [0.15, 0.2) is 0 Å². The van der Waals surface area contributed by atoms with E-state index in [1.54, 1.807) is 0 Å². The van der Waals surface area contributed by atoms with Crippen LogP contribution in [0.1, 0.15) is 0 Å². The molecule has 0 amide bonds. The van der Waals surface area contributed by atoms with Crippen molar-refractivity contribution in [2.24, 2.45) is 0 Å². The minimum atomic E-state index is -1.50. The van der Waals surface area contributed by atoms with E-state index in [4.69, 9.17) is 14.2 Å². The Kier molecular flexibility index (Phi) is 7.22. The van der Waals surface area contributed by atoms with Crippen molar-refractivity contribution in [1.29, 1.82) is 0 Å². The molecule has 0 unspecified atom stereocenters. The van der Waals surface area contributed by atoms with Gasteiger partial charge in [0.1, 0.15) is 42.1 Å². The maximum atomic E-state index is 9.95. The second-order valence-corrected chi connectivity index (χ2v) is 7.12. The first-order chi connectivity index (χ1) is 11.3. The number of aliphatic hydroxyl groups is 7. The fourth-order valence-electron chi connectivity index (χ4n) is 2.64. The van der Waals surface area contributed by atoms with Crippen molar-refractivity contribution in [3.05, 3.63) is 0 Å². The van der Waals surface area contributed by atoms with Gasteiger partial charge in [-0.25, -0.2) is 0 Å². The molecule has 0 aromatic carbocycles. The summed E-state index contributed by atoms with van der Waals surface area (Å²) >= 11 is 0.937. The molecule has 2 heterocycles. The average molecular weight is 372 g/mol. The quantitative estimate of drug-likeness (QED) is 0.251. The monoisotopic (exact) mass is 372 g/mol. The zero-order valence-electron chi connectivity index (χ0n) is 13.0. The van der Waals surface area contributed by atoms with Crippen molar-refractivity contribution in [3.63, 3.8) is 0 Å². The highest BCUT2D eigenvalue weighted by Gasteiger charge is 2.46. The van der Waals surface area contributed by atoms with Crippen LogP contribution in [-0.4, -0.2) is 116 Å². The van der Waals surface area contributed by atoms with Gasteiger partial charge < -0.3 is 50.0 Å². The van der Waals surface area contributed by atoms with Crippen LogP contribution in [0.25, 0.3) is 0 Å². The molecule has 10 atom stereocenters. The van der Waals surface area contributed by atoms with Gasteiger partial charge in [-0.15, -0.1) is 11.8 Å². The molecule has 0 aliphatic carbocycles. The van der Waals surface area contributed by atoms with E-state index >= 15 is 0 Å². The maximum Gasteiger partial charge on any atom is 0.186 e. The van der Waals surface area contributed by atoms with E-state index in [0.29, 0.717) is 0 Å². The average Bonchev–Trinajstić information content (AvgIpc) is 2.58. The molecule has 142 valence electrons. The SMILES string of the molecule is CO[C@H]1O[C@H](CO[C@H]2S[C@H](CO)[C@@H](O)[C@H](O)[C@H]2O)[C@@H](O)[C@H](O)[C@H]1O. The molecule has 7 N–H and O–H groups in total. The Hall–Kier alpha value is -0.0500. The van der Waals surface area contributed by atoms with Crippen LogP contribution in [-0.2, 0) is 14.2 Å². The Morgan fingerprint density at radius 2 is 1.50 bits per heavy atom. The lowest BCUT2D eigenvalue weighted by molar-refractivity contribution is -0.297. The predicted molar refractivity (Wildman–Crippen MR) is 79.9 cm³/mol. The predicted octanol–water partition coefficient (Wildman–Crippen LogP) is -4.03. The molecule has 0 saturated carbocycles. The van der Waals surface area contributed by atoms with Gasteiger partial charge in [0.05, 0.1) is 24.6 Å². The molecule has 0 radical (unpaired) electrons. The molecule has 10 nitrogen and oxygen atoms in total. The van der Waals surface area contributed by atoms with Crippen LogP contribution in [0.5, 0.6) is 0 Å². The molecule has 11 heteroatoms. The van der Waals surface area contributed by atoms with E-state index in [2.05, 4.69) is 0 Å². The van der Waals surface area contributed by atoms with Gasteiger partial charge in [-0.2, -0.15) is 0 Å². The third-order valence-electron chi connectivity index (χ3n) is 4.17. The van der Waals surface area contributed by atoms with E-state index in [-0.39, 0.29) is 6.61 Å². The molecular formula is C13H24O10S. The summed E-state index contributed by atoms with van der Waals surface area (Å²) in [6, 6.07) is 0. The van der Waals surface area contributed by atoms with Crippen molar-refractivity contribution in [2.75, 3.05) is 20.3 Å². The Morgan fingerprint density at radius 1 is 0.875 bits per heavy atom. The van der Waals surface area contributed by atoms with Gasteiger partial charge >= 0.3 is 0 Å². The maximum absolute atomic E-state index is 9.95. The molecule has 2 fully saturated rings.